The van der Waals surface area contributed by atoms with E-state index in [2.05, 4.69) is 15.0 Å². The van der Waals surface area contributed by atoms with Crippen molar-refractivity contribution < 1.29 is 0 Å². The van der Waals surface area contributed by atoms with Gasteiger partial charge in [0, 0.05) is 0 Å². The van der Waals surface area contributed by atoms with Crippen molar-refractivity contribution in [1.29, 1.82) is 10.5 Å². The zero-order valence-electron chi connectivity index (χ0n) is 9.23. The van der Waals surface area contributed by atoms with Gasteiger partial charge in [-0.15, -0.1) is 0 Å². The highest BCUT2D eigenvalue weighted by atomic mass is 35.6. The van der Waals surface area contributed by atoms with Crippen LogP contribution in [0.3, 0.4) is 0 Å². The second kappa shape index (κ2) is 6.01. The first-order valence-corrected chi connectivity index (χ1v) is 5.80. The van der Waals surface area contributed by atoms with Crippen LogP contribution in [0.4, 0.5) is 5.95 Å². The highest BCUT2D eigenvalue weighted by molar-refractivity contribution is 6.66. The largest absolute Gasteiger partial charge is 0.314 e. The van der Waals surface area contributed by atoms with Crippen molar-refractivity contribution in [3.05, 3.63) is 11.6 Å². The average Bonchev–Trinajstić information content (AvgIpc) is 2.27. The summed E-state index contributed by atoms with van der Waals surface area (Å²) in [5.41, 5.74) is 0. The summed E-state index contributed by atoms with van der Waals surface area (Å²) in [4.78, 5) is 13.2. The molecule has 0 spiro atoms. The SMILES string of the molecule is Cc1nc(N(CC#N)CC#N)nc(C(Cl)(Cl)Cl)n1. The van der Waals surface area contributed by atoms with E-state index < -0.39 is 3.79 Å². The van der Waals surface area contributed by atoms with E-state index in [1.165, 1.54) is 4.90 Å². The van der Waals surface area contributed by atoms with Crippen LogP contribution in [-0.4, -0.2) is 28.0 Å². The molecule has 0 N–H and O–H groups in total. The predicted molar refractivity (Wildman–Crippen MR) is 67.2 cm³/mol. The first-order valence-electron chi connectivity index (χ1n) is 4.67. The van der Waals surface area contributed by atoms with Crippen molar-refractivity contribution in [1.82, 2.24) is 15.0 Å². The highest BCUT2D eigenvalue weighted by Gasteiger charge is 2.28. The van der Waals surface area contributed by atoms with Gasteiger partial charge in [-0.05, 0) is 6.92 Å². The van der Waals surface area contributed by atoms with Gasteiger partial charge < -0.3 is 4.90 Å². The molecule has 0 bridgehead atoms. The third-order valence-corrected chi connectivity index (χ3v) is 2.30. The van der Waals surface area contributed by atoms with E-state index in [0.717, 1.165) is 0 Å². The fourth-order valence-electron chi connectivity index (χ4n) is 1.10. The van der Waals surface area contributed by atoms with Crippen LogP contribution in [0.15, 0.2) is 0 Å². The molecule has 0 unspecified atom stereocenters. The Bertz CT molecular complexity index is 497. The molecule has 1 aromatic heterocycles. The van der Waals surface area contributed by atoms with Crippen LogP contribution >= 0.6 is 34.8 Å². The summed E-state index contributed by atoms with van der Waals surface area (Å²) >= 11 is 17.1. The maximum Gasteiger partial charge on any atom is 0.250 e. The van der Waals surface area contributed by atoms with Crippen LogP contribution in [0.2, 0.25) is 0 Å². The van der Waals surface area contributed by atoms with Gasteiger partial charge in [0.15, 0.2) is 5.82 Å². The molecular formula is C9H7Cl3N6. The Morgan fingerprint density at radius 1 is 1.11 bits per heavy atom. The predicted octanol–water partition coefficient (Wildman–Crippen LogP) is 1.86. The van der Waals surface area contributed by atoms with Crippen molar-refractivity contribution in [3.63, 3.8) is 0 Å². The minimum Gasteiger partial charge on any atom is -0.314 e. The first kappa shape index (κ1) is 14.7. The van der Waals surface area contributed by atoms with Crippen LogP contribution in [0.25, 0.3) is 0 Å². The van der Waals surface area contributed by atoms with Gasteiger partial charge in [-0.3, -0.25) is 0 Å². The van der Waals surface area contributed by atoms with Gasteiger partial charge in [0.25, 0.3) is 0 Å². The lowest BCUT2D eigenvalue weighted by molar-refractivity contribution is 0.817. The Labute approximate surface area is 119 Å². The third-order valence-electron chi connectivity index (χ3n) is 1.79. The molecule has 0 aliphatic carbocycles. The van der Waals surface area contributed by atoms with E-state index in [9.17, 15) is 0 Å². The lowest BCUT2D eigenvalue weighted by Gasteiger charge is -2.18. The number of rotatable bonds is 3. The van der Waals surface area contributed by atoms with Crippen LogP contribution < -0.4 is 4.90 Å². The summed E-state index contributed by atoms with van der Waals surface area (Å²) in [5.74, 6) is 0.421. The van der Waals surface area contributed by atoms with Gasteiger partial charge in [-0.1, -0.05) is 34.8 Å². The van der Waals surface area contributed by atoms with E-state index in [-0.39, 0.29) is 24.9 Å². The van der Waals surface area contributed by atoms with Crippen LogP contribution in [-0.2, 0) is 3.79 Å². The first-order chi connectivity index (χ1) is 8.38. The summed E-state index contributed by atoms with van der Waals surface area (Å²) in [6.45, 7) is 1.51. The molecule has 94 valence electrons. The second-order valence-corrected chi connectivity index (χ2v) is 5.46. The molecule has 0 saturated heterocycles. The van der Waals surface area contributed by atoms with E-state index in [4.69, 9.17) is 45.3 Å². The minimum absolute atomic E-state index is 0.0453. The number of aryl methyl sites for hydroxylation is 1. The summed E-state index contributed by atoms with van der Waals surface area (Å²) in [7, 11) is 0. The van der Waals surface area contributed by atoms with Gasteiger partial charge >= 0.3 is 0 Å². The van der Waals surface area contributed by atoms with Gasteiger partial charge in [0.2, 0.25) is 9.74 Å². The zero-order valence-corrected chi connectivity index (χ0v) is 11.5. The number of nitriles is 2. The fraction of sp³-hybridized carbons (Fsp3) is 0.444. The van der Waals surface area contributed by atoms with E-state index in [1.807, 2.05) is 12.1 Å². The Balaban J connectivity index is 3.20. The van der Waals surface area contributed by atoms with Crippen LogP contribution in [0.5, 0.6) is 0 Å². The number of hydrogen-bond acceptors (Lipinski definition) is 6. The lowest BCUT2D eigenvalue weighted by atomic mass is 10.5. The Morgan fingerprint density at radius 2 is 1.67 bits per heavy atom. The van der Waals surface area contributed by atoms with E-state index >= 15 is 0 Å². The minimum atomic E-state index is -1.78. The Hall–Kier alpha value is -1.34. The second-order valence-electron chi connectivity index (χ2n) is 3.18. The van der Waals surface area contributed by atoms with Gasteiger partial charge in [-0.25, -0.2) is 4.98 Å². The lowest BCUT2D eigenvalue weighted by Crippen LogP contribution is -2.27. The monoisotopic (exact) mass is 304 g/mol. The van der Waals surface area contributed by atoms with Crippen molar-refractivity contribution in [2.24, 2.45) is 0 Å². The number of halogens is 3. The molecule has 1 rings (SSSR count). The Morgan fingerprint density at radius 3 is 2.11 bits per heavy atom. The van der Waals surface area contributed by atoms with Crippen LogP contribution in [0, 0.1) is 29.6 Å². The molecule has 0 saturated carbocycles. The third kappa shape index (κ3) is 3.85. The zero-order chi connectivity index (χ0) is 13.8. The van der Waals surface area contributed by atoms with Crippen molar-refractivity contribution in [2.45, 2.75) is 10.7 Å². The molecule has 9 heteroatoms. The molecule has 0 aliphatic rings. The molecule has 18 heavy (non-hydrogen) atoms. The van der Waals surface area contributed by atoms with E-state index in [0.29, 0.717) is 5.82 Å². The molecule has 0 aliphatic heterocycles. The maximum atomic E-state index is 8.67. The normalized spacial score (nSPS) is 10.6. The quantitative estimate of drug-likeness (QED) is 0.625. The standard InChI is InChI=1S/C9H7Cl3N6/c1-6-15-7(9(10,11)12)17-8(16-6)18(4-2-13)5-3-14/h4-5H2,1H3. The van der Waals surface area contributed by atoms with Crippen molar-refractivity contribution >= 4 is 40.8 Å². The van der Waals surface area contributed by atoms with Gasteiger partial charge in [-0.2, -0.15) is 20.5 Å². The number of nitrogens with zero attached hydrogens (tertiary/aromatic N) is 6. The summed E-state index contributed by atoms with van der Waals surface area (Å²) in [6.07, 6.45) is 0. The number of anilines is 1. The number of hydrogen-bond donors (Lipinski definition) is 0. The van der Waals surface area contributed by atoms with Gasteiger partial charge in [0.05, 0.1) is 12.1 Å². The molecule has 1 aromatic rings. The molecule has 0 fully saturated rings. The summed E-state index contributed by atoms with van der Waals surface area (Å²) in [6, 6.07) is 3.81. The average molecular weight is 306 g/mol. The number of aromatic nitrogens is 3. The topological polar surface area (TPSA) is 89.5 Å². The molecule has 0 amide bonds. The summed E-state index contributed by atoms with van der Waals surface area (Å²) in [5, 5.41) is 17.3. The smallest absolute Gasteiger partial charge is 0.250 e. The molecular weight excluding hydrogens is 298 g/mol. The molecule has 0 atom stereocenters. The van der Waals surface area contributed by atoms with Crippen LogP contribution in [0.1, 0.15) is 11.6 Å². The maximum absolute atomic E-state index is 8.67. The Kier molecular flexibility index (Phi) is 4.92. The van der Waals surface area contributed by atoms with Gasteiger partial charge in [0.1, 0.15) is 18.9 Å². The molecule has 1 heterocycles. The highest BCUT2D eigenvalue weighted by Crippen LogP contribution is 2.36. The molecule has 0 aromatic carbocycles. The fourth-order valence-corrected chi connectivity index (χ4v) is 1.36. The number of alkyl halides is 3. The molecule has 0 radical (unpaired) electrons. The van der Waals surface area contributed by atoms with Crippen molar-refractivity contribution in [2.75, 3.05) is 18.0 Å². The van der Waals surface area contributed by atoms with Crippen molar-refractivity contribution in [3.8, 4) is 12.1 Å². The summed E-state index contributed by atoms with van der Waals surface area (Å²) < 4.78 is -1.78. The molecule has 6 nitrogen and oxygen atoms in total. The van der Waals surface area contributed by atoms with E-state index in [1.54, 1.807) is 6.92 Å².